The van der Waals surface area contributed by atoms with Gasteiger partial charge in [-0.15, -0.1) is 0 Å². The van der Waals surface area contributed by atoms with Gasteiger partial charge in [-0.1, -0.05) is 30.3 Å². The topological polar surface area (TPSA) is 55.4 Å². The van der Waals surface area contributed by atoms with Gasteiger partial charge in [-0.3, -0.25) is 9.59 Å². The van der Waals surface area contributed by atoms with Crippen LogP contribution in [0, 0.1) is 0 Å². The van der Waals surface area contributed by atoms with E-state index in [9.17, 15) is 9.59 Å². The number of amides is 1. The third-order valence-corrected chi connectivity index (χ3v) is 3.20. The molecular weight excluding hydrogens is 242 g/mol. The molecule has 1 atom stereocenters. The Morgan fingerprint density at radius 3 is 2.68 bits per heavy atom. The van der Waals surface area contributed by atoms with Crippen LogP contribution in [0.25, 0.3) is 0 Å². The Balaban J connectivity index is 1.65. The first kappa shape index (κ1) is 13.7. The largest absolute Gasteiger partial charge is 0.379 e. The molecule has 4 nitrogen and oxygen atoms in total. The second-order valence-corrected chi connectivity index (χ2v) is 4.77. The fourth-order valence-electron chi connectivity index (χ4n) is 2.13. The maximum Gasteiger partial charge on any atom is 0.220 e. The molecule has 19 heavy (non-hydrogen) atoms. The van der Waals surface area contributed by atoms with Gasteiger partial charge in [0, 0.05) is 25.0 Å². The molecule has 1 saturated heterocycles. The van der Waals surface area contributed by atoms with Crippen molar-refractivity contribution in [1.29, 1.82) is 0 Å². The minimum Gasteiger partial charge on any atom is -0.379 e. The van der Waals surface area contributed by atoms with Crippen molar-refractivity contribution in [2.45, 2.75) is 31.7 Å². The number of carbonyl (C=O) groups excluding carboxylic acids is 2. The number of Topliss-reactive ketones (excluding diaryl/α,β-unsaturated/α-hetero) is 1. The second-order valence-electron chi connectivity index (χ2n) is 4.77. The smallest absolute Gasteiger partial charge is 0.220 e. The highest BCUT2D eigenvalue weighted by Gasteiger charge is 2.17. The van der Waals surface area contributed by atoms with Gasteiger partial charge in [0.1, 0.15) is 0 Å². The van der Waals surface area contributed by atoms with Gasteiger partial charge in [0.05, 0.1) is 12.6 Å². The Bertz CT molecular complexity index is 424. The van der Waals surface area contributed by atoms with Crippen LogP contribution < -0.4 is 5.32 Å². The minimum atomic E-state index is 0.0105. The molecule has 0 spiro atoms. The molecule has 2 rings (SSSR count). The van der Waals surface area contributed by atoms with Crippen molar-refractivity contribution < 1.29 is 14.3 Å². The lowest BCUT2D eigenvalue weighted by Crippen LogP contribution is -2.34. The highest BCUT2D eigenvalue weighted by molar-refractivity contribution is 5.96. The summed E-state index contributed by atoms with van der Waals surface area (Å²) in [4.78, 5) is 23.5. The van der Waals surface area contributed by atoms with Crippen LogP contribution in [-0.2, 0) is 9.53 Å². The Morgan fingerprint density at radius 2 is 2.00 bits per heavy atom. The second kappa shape index (κ2) is 7.04. The summed E-state index contributed by atoms with van der Waals surface area (Å²) in [6.07, 6.45) is 2.29. The van der Waals surface area contributed by atoms with Crippen molar-refractivity contribution in [2.75, 3.05) is 13.2 Å². The van der Waals surface area contributed by atoms with Crippen LogP contribution in [0.2, 0.25) is 0 Å². The van der Waals surface area contributed by atoms with E-state index in [1.165, 1.54) is 0 Å². The Kier molecular flexibility index (Phi) is 5.10. The van der Waals surface area contributed by atoms with Crippen LogP contribution in [0.5, 0.6) is 0 Å². The van der Waals surface area contributed by atoms with Crippen molar-refractivity contribution in [2.24, 2.45) is 0 Å². The van der Waals surface area contributed by atoms with E-state index in [-0.39, 0.29) is 17.7 Å². The molecule has 1 fully saturated rings. The van der Waals surface area contributed by atoms with Crippen LogP contribution >= 0.6 is 0 Å². The number of carbonyl (C=O) groups is 2. The van der Waals surface area contributed by atoms with Crippen molar-refractivity contribution >= 4 is 11.7 Å². The van der Waals surface area contributed by atoms with E-state index >= 15 is 0 Å². The van der Waals surface area contributed by atoms with Gasteiger partial charge in [-0.2, -0.15) is 0 Å². The van der Waals surface area contributed by atoms with Gasteiger partial charge in [0.25, 0.3) is 0 Å². The molecule has 102 valence electrons. The Hall–Kier alpha value is -1.68. The normalized spacial score (nSPS) is 18.2. The molecule has 0 aliphatic carbocycles. The average molecular weight is 261 g/mol. The number of ketones is 1. The summed E-state index contributed by atoms with van der Waals surface area (Å²) in [5, 5.41) is 2.92. The van der Waals surface area contributed by atoms with Gasteiger partial charge in [-0.25, -0.2) is 0 Å². The summed E-state index contributed by atoms with van der Waals surface area (Å²) in [5.74, 6) is 0.106. The van der Waals surface area contributed by atoms with Crippen LogP contribution in [-0.4, -0.2) is 30.9 Å². The molecule has 1 aliphatic rings. The molecule has 4 heteroatoms. The Morgan fingerprint density at radius 1 is 1.21 bits per heavy atom. The van der Waals surface area contributed by atoms with E-state index in [0.29, 0.717) is 31.4 Å². The zero-order valence-electron chi connectivity index (χ0n) is 10.9. The van der Waals surface area contributed by atoms with Gasteiger partial charge >= 0.3 is 0 Å². The standard InChI is InChI=1S/C15H19NO3/c17-14(12-5-2-1-3-6-12)7-4-8-15(18)16-13-9-10-19-11-13/h1-3,5-6,13H,4,7-11H2,(H,16,18)/t13-/m1/s1. The van der Waals surface area contributed by atoms with E-state index in [4.69, 9.17) is 4.74 Å². The average Bonchev–Trinajstić information content (AvgIpc) is 2.92. The molecule has 1 aromatic carbocycles. The van der Waals surface area contributed by atoms with Crippen molar-refractivity contribution in [3.05, 3.63) is 35.9 Å². The lowest BCUT2D eigenvalue weighted by atomic mass is 10.1. The molecule has 1 amide bonds. The number of hydrogen-bond acceptors (Lipinski definition) is 3. The molecule has 1 aromatic rings. The quantitative estimate of drug-likeness (QED) is 0.796. The van der Waals surface area contributed by atoms with E-state index in [1.807, 2.05) is 18.2 Å². The third-order valence-electron chi connectivity index (χ3n) is 3.20. The summed E-state index contributed by atoms with van der Waals surface area (Å²) in [7, 11) is 0. The van der Waals surface area contributed by atoms with Crippen LogP contribution in [0.15, 0.2) is 30.3 Å². The summed E-state index contributed by atoms with van der Waals surface area (Å²) < 4.78 is 5.19. The molecule has 1 N–H and O–H groups in total. The summed E-state index contributed by atoms with van der Waals surface area (Å²) in [6.45, 7) is 1.33. The molecule has 0 unspecified atom stereocenters. The van der Waals surface area contributed by atoms with Crippen molar-refractivity contribution in [3.63, 3.8) is 0 Å². The minimum absolute atomic E-state index is 0.0105. The Labute approximate surface area is 113 Å². The van der Waals surface area contributed by atoms with E-state index in [1.54, 1.807) is 12.1 Å². The molecule has 0 radical (unpaired) electrons. The lowest BCUT2D eigenvalue weighted by Gasteiger charge is -2.10. The van der Waals surface area contributed by atoms with Crippen LogP contribution in [0.4, 0.5) is 0 Å². The number of hydrogen-bond donors (Lipinski definition) is 1. The van der Waals surface area contributed by atoms with E-state index in [0.717, 1.165) is 13.0 Å². The lowest BCUT2D eigenvalue weighted by molar-refractivity contribution is -0.121. The molecule has 1 aliphatic heterocycles. The predicted molar refractivity (Wildman–Crippen MR) is 72.0 cm³/mol. The van der Waals surface area contributed by atoms with Gasteiger partial charge < -0.3 is 10.1 Å². The summed E-state index contributed by atoms with van der Waals surface area (Å²) in [6, 6.07) is 9.34. The van der Waals surface area contributed by atoms with E-state index < -0.39 is 0 Å². The third kappa shape index (κ3) is 4.48. The predicted octanol–water partition coefficient (Wildman–Crippen LogP) is 1.94. The zero-order valence-corrected chi connectivity index (χ0v) is 10.9. The van der Waals surface area contributed by atoms with Gasteiger partial charge in [-0.05, 0) is 12.8 Å². The number of nitrogens with one attached hydrogen (secondary N) is 1. The van der Waals surface area contributed by atoms with Gasteiger partial charge in [0.15, 0.2) is 5.78 Å². The SMILES string of the molecule is O=C(CCCC(=O)c1ccccc1)N[C@@H]1CCOC1. The van der Waals surface area contributed by atoms with Crippen LogP contribution in [0.3, 0.4) is 0 Å². The van der Waals surface area contributed by atoms with Crippen LogP contribution in [0.1, 0.15) is 36.0 Å². The van der Waals surface area contributed by atoms with Crippen molar-refractivity contribution in [3.8, 4) is 0 Å². The first-order chi connectivity index (χ1) is 9.25. The first-order valence-electron chi connectivity index (χ1n) is 6.71. The molecule has 0 bridgehead atoms. The maximum absolute atomic E-state index is 11.8. The molecular formula is C15H19NO3. The molecule has 1 heterocycles. The maximum atomic E-state index is 11.8. The first-order valence-corrected chi connectivity index (χ1v) is 6.71. The van der Waals surface area contributed by atoms with Gasteiger partial charge in [0.2, 0.25) is 5.91 Å². The fraction of sp³-hybridized carbons (Fsp3) is 0.467. The summed E-state index contributed by atoms with van der Waals surface area (Å²) in [5.41, 5.74) is 0.715. The highest BCUT2D eigenvalue weighted by Crippen LogP contribution is 2.08. The van der Waals surface area contributed by atoms with E-state index in [2.05, 4.69) is 5.32 Å². The molecule has 0 aromatic heterocycles. The number of ether oxygens (including phenoxy) is 1. The zero-order chi connectivity index (χ0) is 13.5. The summed E-state index contributed by atoms with van der Waals surface area (Å²) >= 11 is 0. The monoisotopic (exact) mass is 261 g/mol. The number of rotatable bonds is 6. The van der Waals surface area contributed by atoms with Crippen molar-refractivity contribution in [1.82, 2.24) is 5.32 Å². The highest BCUT2D eigenvalue weighted by atomic mass is 16.5. The fourth-order valence-corrected chi connectivity index (χ4v) is 2.13. The molecule has 0 saturated carbocycles. The number of benzene rings is 1.